The fourth-order valence-electron chi connectivity index (χ4n) is 5.44. The summed E-state index contributed by atoms with van der Waals surface area (Å²) in [5.74, 6) is -2.56. The largest absolute Gasteiger partial charge is 0.206 e. The van der Waals surface area contributed by atoms with E-state index in [2.05, 4.69) is 6.58 Å². The van der Waals surface area contributed by atoms with Crippen molar-refractivity contribution in [3.8, 4) is 11.1 Å². The average molecular weight is 417 g/mol. The Morgan fingerprint density at radius 3 is 2.17 bits per heavy atom. The first-order valence-corrected chi connectivity index (χ1v) is 11.0. The molecule has 2 aromatic carbocycles. The molecule has 4 heteroatoms. The van der Waals surface area contributed by atoms with Crippen LogP contribution in [0.3, 0.4) is 0 Å². The Kier molecular flexibility index (Phi) is 6.31. The molecule has 0 saturated heterocycles. The second-order valence-electron chi connectivity index (χ2n) is 9.00. The number of hydrogen-bond donors (Lipinski definition) is 0. The molecule has 0 bridgehead atoms. The lowest BCUT2D eigenvalue weighted by Crippen LogP contribution is -2.26. The van der Waals surface area contributed by atoms with Crippen molar-refractivity contribution in [2.75, 3.05) is 0 Å². The van der Waals surface area contributed by atoms with Gasteiger partial charge in [0.05, 0.1) is 0 Å². The molecule has 2 aromatic rings. The van der Waals surface area contributed by atoms with Crippen LogP contribution in [-0.2, 0) is 12.8 Å². The maximum Gasteiger partial charge on any atom is 0.194 e. The third-order valence-corrected chi connectivity index (χ3v) is 7.19. The van der Waals surface area contributed by atoms with E-state index in [0.717, 1.165) is 54.9 Å². The Labute approximate surface area is 176 Å². The van der Waals surface area contributed by atoms with Crippen molar-refractivity contribution >= 4 is 0 Å². The van der Waals surface area contributed by atoms with E-state index in [0.29, 0.717) is 11.8 Å². The van der Waals surface area contributed by atoms with E-state index >= 15 is 0 Å². The van der Waals surface area contributed by atoms with Crippen LogP contribution in [0.25, 0.3) is 11.1 Å². The lowest BCUT2D eigenvalue weighted by molar-refractivity contribution is 0.185. The number of allylic oxidation sites excluding steroid dienone is 1. The first-order valence-electron chi connectivity index (χ1n) is 11.0. The van der Waals surface area contributed by atoms with Gasteiger partial charge in [-0.3, -0.25) is 0 Å². The molecule has 2 aliphatic carbocycles. The first kappa shape index (κ1) is 21.1. The Morgan fingerprint density at radius 1 is 0.800 bits per heavy atom. The van der Waals surface area contributed by atoms with Crippen LogP contribution >= 0.6 is 0 Å². The van der Waals surface area contributed by atoms with Crippen molar-refractivity contribution < 1.29 is 17.6 Å². The normalized spacial score (nSPS) is 23.8. The second-order valence-corrected chi connectivity index (χ2v) is 9.00. The summed E-state index contributed by atoms with van der Waals surface area (Å²) >= 11 is 0. The molecular formula is C26H28F4. The summed E-state index contributed by atoms with van der Waals surface area (Å²) in [4.78, 5) is 0. The zero-order chi connectivity index (χ0) is 21.3. The fourth-order valence-corrected chi connectivity index (χ4v) is 5.44. The first-order chi connectivity index (χ1) is 14.5. The van der Waals surface area contributed by atoms with Crippen LogP contribution in [0.5, 0.6) is 0 Å². The second kappa shape index (κ2) is 8.95. The van der Waals surface area contributed by atoms with Gasteiger partial charge in [-0.25, -0.2) is 17.6 Å². The molecule has 0 amide bonds. The smallest absolute Gasteiger partial charge is 0.194 e. The monoisotopic (exact) mass is 416 g/mol. The standard InChI is InChI=1S/C26H28F4/c1-2-3-4-16-5-7-17(8-6-16)18-9-10-19-12-22(23(27)13-20(19)11-18)21-14-24(28)26(30)25(29)15-21/h2,12-18H,1,3-11H2. The molecule has 1 fully saturated rings. The minimum atomic E-state index is -1.53. The molecule has 0 nitrogen and oxygen atoms in total. The molecule has 30 heavy (non-hydrogen) atoms. The molecule has 0 N–H and O–H groups in total. The van der Waals surface area contributed by atoms with Gasteiger partial charge in [-0.05, 0) is 104 Å². The third-order valence-electron chi connectivity index (χ3n) is 7.19. The van der Waals surface area contributed by atoms with Crippen molar-refractivity contribution in [1.82, 2.24) is 0 Å². The highest BCUT2D eigenvalue weighted by molar-refractivity contribution is 5.66. The number of fused-ring (bicyclic) bond motifs is 1. The lowest BCUT2D eigenvalue weighted by atomic mass is 9.69. The molecule has 2 aliphatic rings. The molecule has 0 aliphatic heterocycles. The van der Waals surface area contributed by atoms with E-state index in [1.54, 1.807) is 6.07 Å². The molecular weight excluding hydrogens is 388 g/mol. The van der Waals surface area contributed by atoms with E-state index in [9.17, 15) is 17.6 Å². The number of hydrogen-bond acceptors (Lipinski definition) is 0. The van der Waals surface area contributed by atoms with Gasteiger partial charge in [0.15, 0.2) is 17.5 Å². The molecule has 1 atom stereocenters. The van der Waals surface area contributed by atoms with Gasteiger partial charge in [0, 0.05) is 5.56 Å². The van der Waals surface area contributed by atoms with E-state index in [1.807, 2.05) is 6.08 Å². The summed E-state index contributed by atoms with van der Waals surface area (Å²) in [5, 5.41) is 0. The average Bonchev–Trinajstić information content (AvgIpc) is 2.75. The molecule has 0 heterocycles. The highest BCUT2D eigenvalue weighted by atomic mass is 19.2. The summed E-state index contributed by atoms with van der Waals surface area (Å²) in [6.45, 7) is 3.82. The van der Waals surface area contributed by atoms with Gasteiger partial charge in [-0.15, -0.1) is 6.58 Å². The molecule has 4 rings (SSSR count). The maximum absolute atomic E-state index is 14.8. The van der Waals surface area contributed by atoms with Gasteiger partial charge in [0.1, 0.15) is 5.82 Å². The van der Waals surface area contributed by atoms with Crippen LogP contribution < -0.4 is 0 Å². The Hall–Kier alpha value is -2.10. The summed E-state index contributed by atoms with van der Waals surface area (Å²) in [5.41, 5.74) is 2.20. The highest BCUT2D eigenvalue weighted by Crippen LogP contribution is 2.41. The highest BCUT2D eigenvalue weighted by Gasteiger charge is 2.30. The SMILES string of the molecule is C=CCCC1CCC(C2CCc3cc(-c4cc(F)c(F)c(F)c4)c(F)cc3C2)CC1. The topological polar surface area (TPSA) is 0 Å². The fraction of sp³-hybridized carbons (Fsp3) is 0.462. The van der Waals surface area contributed by atoms with Gasteiger partial charge in [0.2, 0.25) is 0 Å². The van der Waals surface area contributed by atoms with E-state index < -0.39 is 23.3 Å². The third kappa shape index (κ3) is 4.33. The summed E-state index contributed by atoms with van der Waals surface area (Å²) < 4.78 is 55.3. The Balaban J connectivity index is 1.48. The van der Waals surface area contributed by atoms with Crippen LogP contribution in [0.15, 0.2) is 36.9 Å². The van der Waals surface area contributed by atoms with Crippen LogP contribution in [0.4, 0.5) is 17.6 Å². The van der Waals surface area contributed by atoms with Gasteiger partial charge in [-0.1, -0.05) is 18.9 Å². The Morgan fingerprint density at radius 2 is 1.50 bits per heavy atom. The molecule has 160 valence electrons. The summed E-state index contributed by atoms with van der Waals surface area (Å²) in [6.07, 6.45) is 12.1. The number of rotatable bonds is 5. The minimum Gasteiger partial charge on any atom is -0.206 e. The van der Waals surface area contributed by atoms with Crippen LogP contribution in [-0.4, -0.2) is 0 Å². The summed E-state index contributed by atoms with van der Waals surface area (Å²) in [7, 11) is 0. The van der Waals surface area contributed by atoms with Crippen molar-refractivity contribution in [3.63, 3.8) is 0 Å². The van der Waals surface area contributed by atoms with E-state index in [-0.39, 0.29) is 11.1 Å². The zero-order valence-corrected chi connectivity index (χ0v) is 17.2. The molecule has 0 aromatic heterocycles. The molecule has 1 unspecified atom stereocenters. The number of benzene rings is 2. The van der Waals surface area contributed by atoms with Crippen molar-refractivity contribution in [3.05, 3.63) is 71.3 Å². The van der Waals surface area contributed by atoms with E-state index in [1.165, 1.54) is 38.2 Å². The predicted octanol–water partition coefficient (Wildman–Crippen LogP) is 7.79. The van der Waals surface area contributed by atoms with Crippen molar-refractivity contribution in [2.45, 2.75) is 57.8 Å². The molecule has 1 saturated carbocycles. The maximum atomic E-state index is 14.8. The quantitative estimate of drug-likeness (QED) is 0.265. The van der Waals surface area contributed by atoms with Gasteiger partial charge in [-0.2, -0.15) is 0 Å². The number of halogens is 4. The van der Waals surface area contributed by atoms with Crippen LogP contribution in [0.1, 0.15) is 56.1 Å². The Bertz CT molecular complexity index is 902. The zero-order valence-electron chi connectivity index (χ0n) is 17.2. The lowest BCUT2D eigenvalue weighted by Gasteiger charge is -2.36. The summed E-state index contributed by atoms with van der Waals surface area (Å²) in [6, 6.07) is 4.93. The van der Waals surface area contributed by atoms with Crippen LogP contribution in [0, 0.1) is 41.0 Å². The van der Waals surface area contributed by atoms with Gasteiger partial charge >= 0.3 is 0 Å². The molecule has 0 spiro atoms. The van der Waals surface area contributed by atoms with Crippen LogP contribution in [0.2, 0.25) is 0 Å². The minimum absolute atomic E-state index is 0.0340. The van der Waals surface area contributed by atoms with Crippen molar-refractivity contribution in [1.29, 1.82) is 0 Å². The van der Waals surface area contributed by atoms with E-state index in [4.69, 9.17) is 0 Å². The molecule has 0 radical (unpaired) electrons. The van der Waals surface area contributed by atoms with Crippen molar-refractivity contribution in [2.24, 2.45) is 17.8 Å². The van der Waals surface area contributed by atoms with Gasteiger partial charge in [0.25, 0.3) is 0 Å². The predicted molar refractivity (Wildman–Crippen MR) is 112 cm³/mol. The number of aryl methyl sites for hydroxylation is 1. The van der Waals surface area contributed by atoms with Gasteiger partial charge < -0.3 is 0 Å².